The first-order valence-electron chi connectivity index (χ1n) is 10.0. The first-order chi connectivity index (χ1) is 14.9. The standard InChI is InChI=1S/C28H20N2/c1-4-12-22(13-5-1)20-21-27-25-18-10-11-19-26(25)29-28(23-14-6-2-7-15-23)30(27)24-16-8-3-9-17-24/h1-19,27H/t27-/m0/s1. The molecule has 0 radical (unpaired) electrons. The number of fused-ring (bicyclic) bond motifs is 1. The largest absolute Gasteiger partial charge is 0.307 e. The molecule has 142 valence electrons. The lowest BCUT2D eigenvalue weighted by atomic mass is 9.98. The maximum absolute atomic E-state index is 5.05. The highest BCUT2D eigenvalue weighted by atomic mass is 15.2. The van der Waals surface area contributed by atoms with Crippen LogP contribution in [0.15, 0.2) is 120 Å². The molecule has 1 heterocycles. The number of anilines is 1. The van der Waals surface area contributed by atoms with Gasteiger partial charge in [-0.2, -0.15) is 0 Å². The van der Waals surface area contributed by atoms with E-state index in [4.69, 9.17) is 4.99 Å². The summed E-state index contributed by atoms with van der Waals surface area (Å²) < 4.78 is 0. The van der Waals surface area contributed by atoms with E-state index < -0.39 is 0 Å². The fourth-order valence-corrected chi connectivity index (χ4v) is 3.72. The lowest BCUT2D eigenvalue weighted by Crippen LogP contribution is -2.37. The van der Waals surface area contributed by atoms with Gasteiger partial charge in [0.05, 0.1) is 5.69 Å². The van der Waals surface area contributed by atoms with Crippen molar-refractivity contribution in [1.29, 1.82) is 0 Å². The van der Waals surface area contributed by atoms with Gasteiger partial charge >= 0.3 is 0 Å². The topological polar surface area (TPSA) is 15.6 Å². The fourth-order valence-electron chi connectivity index (χ4n) is 3.72. The van der Waals surface area contributed by atoms with E-state index in [2.05, 4.69) is 71.3 Å². The second-order valence-electron chi connectivity index (χ2n) is 7.10. The predicted octanol–water partition coefficient (Wildman–Crippen LogP) is 6.38. The molecule has 5 rings (SSSR count). The van der Waals surface area contributed by atoms with Gasteiger partial charge in [0.1, 0.15) is 11.9 Å². The molecule has 0 saturated carbocycles. The molecule has 0 unspecified atom stereocenters. The van der Waals surface area contributed by atoms with Crippen molar-refractivity contribution in [2.45, 2.75) is 6.04 Å². The molecular formula is C28H20N2. The van der Waals surface area contributed by atoms with Crippen LogP contribution in [0.1, 0.15) is 22.7 Å². The molecule has 2 heteroatoms. The molecule has 0 amide bonds. The number of hydrogen-bond donors (Lipinski definition) is 0. The van der Waals surface area contributed by atoms with Crippen LogP contribution in [-0.4, -0.2) is 5.84 Å². The lowest BCUT2D eigenvalue weighted by Gasteiger charge is -2.36. The summed E-state index contributed by atoms with van der Waals surface area (Å²) >= 11 is 0. The van der Waals surface area contributed by atoms with E-state index in [0.717, 1.165) is 33.9 Å². The van der Waals surface area contributed by atoms with E-state index in [1.807, 2.05) is 60.7 Å². The normalized spacial score (nSPS) is 14.9. The minimum Gasteiger partial charge on any atom is -0.307 e. The minimum atomic E-state index is -0.142. The highest BCUT2D eigenvalue weighted by Gasteiger charge is 2.30. The van der Waals surface area contributed by atoms with E-state index in [-0.39, 0.29) is 6.04 Å². The van der Waals surface area contributed by atoms with Crippen LogP contribution in [0.3, 0.4) is 0 Å². The zero-order valence-corrected chi connectivity index (χ0v) is 16.4. The Morgan fingerprint density at radius 1 is 0.633 bits per heavy atom. The number of hydrogen-bond acceptors (Lipinski definition) is 2. The molecule has 4 aromatic carbocycles. The van der Waals surface area contributed by atoms with E-state index in [1.165, 1.54) is 0 Å². The van der Waals surface area contributed by atoms with Crippen molar-refractivity contribution in [2.75, 3.05) is 4.90 Å². The van der Waals surface area contributed by atoms with Crippen LogP contribution in [0.25, 0.3) is 0 Å². The first kappa shape index (κ1) is 18.0. The maximum Gasteiger partial charge on any atom is 0.142 e. The Kier molecular flexibility index (Phi) is 4.86. The molecule has 2 nitrogen and oxygen atoms in total. The van der Waals surface area contributed by atoms with Crippen molar-refractivity contribution in [3.05, 3.63) is 132 Å². The fraction of sp³-hybridized carbons (Fsp3) is 0.0357. The van der Waals surface area contributed by atoms with Gasteiger partial charge in [0.25, 0.3) is 0 Å². The van der Waals surface area contributed by atoms with Crippen LogP contribution < -0.4 is 4.90 Å². The number of rotatable bonds is 2. The Hall–Kier alpha value is -4.09. The predicted molar refractivity (Wildman–Crippen MR) is 124 cm³/mol. The van der Waals surface area contributed by atoms with Crippen molar-refractivity contribution >= 4 is 17.2 Å². The Balaban J connectivity index is 1.72. The molecule has 0 N–H and O–H groups in total. The van der Waals surface area contributed by atoms with Gasteiger partial charge in [-0.15, -0.1) is 0 Å². The van der Waals surface area contributed by atoms with Gasteiger partial charge in [-0.1, -0.05) is 96.8 Å². The number of benzene rings is 4. The quantitative estimate of drug-likeness (QED) is 0.366. The molecule has 0 spiro atoms. The van der Waals surface area contributed by atoms with Gasteiger partial charge in [-0.05, 0) is 30.3 Å². The number of aliphatic imine (C=N–C) groups is 1. The highest BCUT2D eigenvalue weighted by molar-refractivity contribution is 6.13. The second-order valence-corrected chi connectivity index (χ2v) is 7.10. The molecule has 0 saturated heterocycles. The Bertz CT molecular complexity index is 1230. The van der Waals surface area contributed by atoms with Crippen LogP contribution >= 0.6 is 0 Å². The Morgan fingerprint density at radius 2 is 1.23 bits per heavy atom. The molecule has 0 aliphatic carbocycles. The molecule has 0 aromatic heterocycles. The number of amidine groups is 1. The molecule has 1 aliphatic rings. The summed E-state index contributed by atoms with van der Waals surface area (Å²) in [4.78, 5) is 7.30. The van der Waals surface area contributed by atoms with Crippen molar-refractivity contribution in [3.8, 4) is 11.8 Å². The molecule has 1 aliphatic heterocycles. The average molecular weight is 384 g/mol. The van der Waals surface area contributed by atoms with Gasteiger partial charge in [0.2, 0.25) is 0 Å². The zero-order chi connectivity index (χ0) is 20.2. The monoisotopic (exact) mass is 384 g/mol. The molecule has 0 bridgehead atoms. The smallest absolute Gasteiger partial charge is 0.142 e. The highest BCUT2D eigenvalue weighted by Crippen LogP contribution is 2.38. The van der Waals surface area contributed by atoms with Crippen molar-refractivity contribution in [3.63, 3.8) is 0 Å². The van der Waals surface area contributed by atoms with E-state index in [1.54, 1.807) is 0 Å². The molecule has 1 atom stereocenters. The van der Waals surface area contributed by atoms with Crippen molar-refractivity contribution in [1.82, 2.24) is 0 Å². The zero-order valence-electron chi connectivity index (χ0n) is 16.4. The van der Waals surface area contributed by atoms with Crippen LogP contribution in [-0.2, 0) is 0 Å². The van der Waals surface area contributed by atoms with Crippen molar-refractivity contribution in [2.24, 2.45) is 4.99 Å². The number of para-hydroxylation sites is 2. The minimum absolute atomic E-state index is 0.142. The third kappa shape index (κ3) is 3.50. The summed E-state index contributed by atoms with van der Waals surface area (Å²) in [5.74, 6) is 7.83. The Morgan fingerprint density at radius 3 is 1.97 bits per heavy atom. The van der Waals surface area contributed by atoms with Gasteiger partial charge in [-0.3, -0.25) is 0 Å². The molecule has 30 heavy (non-hydrogen) atoms. The Labute approximate surface area is 177 Å². The summed E-state index contributed by atoms with van der Waals surface area (Å²) in [7, 11) is 0. The van der Waals surface area contributed by atoms with Crippen LogP contribution in [0.4, 0.5) is 11.4 Å². The van der Waals surface area contributed by atoms with E-state index >= 15 is 0 Å². The van der Waals surface area contributed by atoms with Gasteiger partial charge < -0.3 is 4.90 Å². The van der Waals surface area contributed by atoms with E-state index in [9.17, 15) is 0 Å². The number of nitrogens with zero attached hydrogens (tertiary/aromatic N) is 2. The summed E-state index contributed by atoms with van der Waals surface area (Å²) in [5, 5.41) is 0. The van der Waals surface area contributed by atoms with Gasteiger partial charge in [-0.25, -0.2) is 4.99 Å². The summed E-state index contributed by atoms with van der Waals surface area (Å²) in [6.07, 6.45) is 0. The van der Waals surface area contributed by atoms with E-state index in [0.29, 0.717) is 0 Å². The van der Waals surface area contributed by atoms with Crippen LogP contribution in [0.5, 0.6) is 0 Å². The van der Waals surface area contributed by atoms with Gasteiger partial charge in [0, 0.05) is 22.4 Å². The SMILES string of the molecule is C(#C[C@H]1c2ccccc2N=C(c2ccccc2)N1c1ccccc1)c1ccccc1. The summed E-state index contributed by atoms with van der Waals surface area (Å²) in [6, 6.07) is 39.0. The maximum atomic E-state index is 5.05. The van der Waals surface area contributed by atoms with Crippen LogP contribution in [0, 0.1) is 11.8 Å². The van der Waals surface area contributed by atoms with Crippen molar-refractivity contribution < 1.29 is 0 Å². The summed E-state index contributed by atoms with van der Waals surface area (Å²) in [5.41, 5.74) is 5.23. The lowest BCUT2D eigenvalue weighted by molar-refractivity contribution is 0.882. The molecule has 4 aromatic rings. The second kappa shape index (κ2) is 8.11. The summed E-state index contributed by atoms with van der Waals surface area (Å²) in [6.45, 7) is 0. The average Bonchev–Trinajstić information content (AvgIpc) is 2.83. The first-order valence-corrected chi connectivity index (χ1v) is 10.0. The van der Waals surface area contributed by atoms with Crippen LogP contribution in [0.2, 0.25) is 0 Å². The third-order valence-electron chi connectivity index (χ3n) is 5.14. The third-order valence-corrected chi connectivity index (χ3v) is 5.14. The molecule has 0 fully saturated rings. The molecular weight excluding hydrogens is 364 g/mol. The van der Waals surface area contributed by atoms with Gasteiger partial charge in [0.15, 0.2) is 0 Å².